The number of imide groups is 1. The van der Waals surface area contributed by atoms with Crippen LogP contribution in [0.25, 0.3) is 0 Å². The smallest absolute Gasteiger partial charge is 0.416 e. The highest BCUT2D eigenvalue weighted by Crippen LogP contribution is 2.54. The number of benzene rings is 3. The fraction of sp³-hybridized carbons (Fsp3) is 0.250. The maximum atomic E-state index is 14.1. The number of anilines is 2. The number of carbonyl (C=O) groups is 3. The highest BCUT2D eigenvalue weighted by atomic mass is 32.2. The van der Waals surface area contributed by atoms with Crippen molar-refractivity contribution in [3.05, 3.63) is 98.0 Å². The fourth-order valence-corrected chi connectivity index (χ4v) is 8.58. The van der Waals surface area contributed by atoms with E-state index < -0.39 is 69.7 Å². The normalized spacial score (nSPS) is 19.1. The third-order valence-electron chi connectivity index (χ3n) is 7.90. The number of nitrogens with zero attached hydrogens (tertiary/aromatic N) is 2. The number of phenols is 1. The molecule has 1 aromatic heterocycles. The molecule has 3 unspecified atom stereocenters. The summed E-state index contributed by atoms with van der Waals surface area (Å²) in [7, 11) is 0. The second kappa shape index (κ2) is 12.6. The van der Waals surface area contributed by atoms with Crippen LogP contribution >= 0.6 is 23.1 Å². The van der Waals surface area contributed by atoms with Crippen molar-refractivity contribution in [2.24, 2.45) is 5.92 Å². The van der Waals surface area contributed by atoms with Gasteiger partial charge in [0.25, 0.3) is 0 Å². The number of rotatable bonds is 7. The van der Waals surface area contributed by atoms with Crippen LogP contribution in [0.15, 0.2) is 76.6 Å². The Bertz CT molecular complexity index is 2040. The lowest BCUT2D eigenvalue weighted by atomic mass is 9.83. The van der Waals surface area contributed by atoms with E-state index in [1.54, 1.807) is 6.92 Å². The van der Waals surface area contributed by atoms with Gasteiger partial charge in [-0.15, -0.1) is 0 Å². The number of aromatic nitrogens is 1. The van der Waals surface area contributed by atoms with Gasteiger partial charge in [-0.1, -0.05) is 41.3 Å². The minimum absolute atomic E-state index is 0.0371. The highest BCUT2D eigenvalue weighted by molar-refractivity contribution is 8.00. The molecule has 0 saturated carbocycles. The number of carbonyl (C=O) groups excluding carboxylic acids is 3. The number of thiazole rings is 1. The predicted molar refractivity (Wildman–Crippen MR) is 167 cm³/mol. The first-order chi connectivity index (χ1) is 23.1. The van der Waals surface area contributed by atoms with Gasteiger partial charge in [0.15, 0.2) is 11.5 Å². The molecule has 9 nitrogen and oxygen atoms in total. The summed E-state index contributed by atoms with van der Waals surface area (Å²) in [5.74, 6) is -4.98. The summed E-state index contributed by atoms with van der Waals surface area (Å²) in [6, 6.07) is 11.8. The van der Waals surface area contributed by atoms with Gasteiger partial charge in [0.05, 0.1) is 34.4 Å². The van der Waals surface area contributed by atoms with Gasteiger partial charge in [0.2, 0.25) is 17.7 Å². The molecule has 3 amide bonds. The predicted octanol–water partition coefficient (Wildman–Crippen LogP) is 6.49. The van der Waals surface area contributed by atoms with Crippen molar-refractivity contribution in [3.63, 3.8) is 0 Å². The molecule has 256 valence electrons. The Morgan fingerprint density at radius 1 is 0.918 bits per heavy atom. The molecule has 49 heavy (non-hydrogen) atoms. The molecule has 1 saturated heterocycles. The molecular weight excluding hydrogens is 700 g/mol. The molecule has 2 aliphatic heterocycles. The van der Waals surface area contributed by atoms with Crippen LogP contribution in [0, 0.1) is 5.92 Å². The zero-order valence-corrected chi connectivity index (χ0v) is 26.6. The molecule has 1 fully saturated rings. The van der Waals surface area contributed by atoms with E-state index in [1.807, 2.05) is 0 Å². The van der Waals surface area contributed by atoms with Gasteiger partial charge in [-0.05, 0) is 61.0 Å². The molecule has 4 aromatic rings. The molecule has 3 heterocycles. The molecule has 0 aliphatic carbocycles. The highest BCUT2D eigenvalue weighted by Gasteiger charge is 2.57. The van der Waals surface area contributed by atoms with Gasteiger partial charge in [0.1, 0.15) is 11.8 Å². The number of alkyl halides is 6. The molecule has 2 N–H and O–H groups in total. The number of hydrogen-bond donors (Lipinski definition) is 2. The van der Waals surface area contributed by atoms with Crippen molar-refractivity contribution in [1.82, 2.24) is 4.57 Å². The molecule has 0 radical (unpaired) electrons. The van der Waals surface area contributed by atoms with Gasteiger partial charge in [0, 0.05) is 16.5 Å². The Hall–Kier alpha value is -4.77. The Morgan fingerprint density at radius 2 is 1.59 bits per heavy atom. The quantitative estimate of drug-likeness (QED) is 0.166. The minimum atomic E-state index is -4.76. The lowest BCUT2D eigenvalue weighted by molar-refractivity contribution is -0.138. The molecule has 3 aromatic carbocycles. The Kier molecular flexibility index (Phi) is 8.77. The fourth-order valence-electron chi connectivity index (χ4n) is 5.80. The number of halogens is 6. The lowest BCUT2D eigenvalue weighted by Gasteiger charge is -2.31. The van der Waals surface area contributed by atoms with Gasteiger partial charge in [-0.2, -0.15) is 26.3 Å². The van der Waals surface area contributed by atoms with Crippen LogP contribution in [0.5, 0.6) is 11.5 Å². The number of hydrogen-bond acceptors (Lipinski definition) is 8. The van der Waals surface area contributed by atoms with Crippen molar-refractivity contribution < 1.29 is 50.6 Å². The van der Waals surface area contributed by atoms with E-state index in [0.717, 1.165) is 46.7 Å². The van der Waals surface area contributed by atoms with E-state index >= 15 is 0 Å². The number of aromatic hydroxyl groups is 1. The van der Waals surface area contributed by atoms with Crippen LogP contribution in [-0.2, 0) is 33.3 Å². The third kappa shape index (κ3) is 6.39. The van der Waals surface area contributed by atoms with Crippen LogP contribution in [0.3, 0.4) is 0 Å². The number of amides is 3. The number of phenolic OH excluding ortho intramolecular Hbond substituents is 1. The summed E-state index contributed by atoms with van der Waals surface area (Å²) in [6.07, 6.45) is -9.43. The largest absolute Gasteiger partial charge is 0.504 e. The Balaban J connectivity index is 1.42. The maximum absolute atomic E-state index is 14.1. The zero-order valence-electron chi connectivity index (χ0n) is 25.0. The van der Waals surface area contributed by atoms with E-state index in [9.17, 15) is 50.6 Å². The van der Waals surface area contributed by atoms with Crippen molar-refractivity contribution in [1.29, 1.82) is 0 Å². The molecule has 2 aliphatic rings. The lowest BCUT2D eigenvalue weighted by Crippen LogP contribution is -2.33. The van der Waals surface area contributed by atoms with E-state index in [2.05, 4.69) is 5.32 Å². The topological polar surface area (TPSA) is 118 Å². The van der Waals surface area contributed by atoms with Crippen molar-refractivity contribution >= 4 is 52.2 Å². The van der Waals surface area contributed by atoms with Gasteiger partial charge < -0.3 is 15.2 Å². The van der Waals surface area contributed by atoms with Crippen molar-refractivity contribution in [2.45, 2.75) is 42.0 Å². The average molecular weight is 724 g/mol. The van der Waals surface area contributed by atoms with Gasteiger partial charge in [-0.25, -0.2) is 4.90 Å². The van der Waals surface area contributed by atoms with Gasteiger partial charge in [-0.3, -0.25) is 23.7 Å². The standard InChI is InChI=1S/C32H23F6N3O6S2/c1-2-47-21-11-15(9-10-20(21)42)23-24-25(28(45)41(27(24)44)19-8-4-6-17(13-19)32(36,37)38)48-29-26(23)49-30(46)40(29)14-22(43)39-18-7-3-5-16(12-18)31(33,34)35/h3-13,23-25,42H,2,14H2,1H3,(H,39,43). The zero-order chi connectivity index (χ0) is 35.4. The Labute approximate surface area is 281 Å². The Morgan fingerprint density at radius 3 is 2.27 bits per heavy atom. The second-order valence-electron chi connectivity index (χ2n) is 11.0. The summed E-state index contributed by atoms with van der Waals surface area (Å²) in [4.78, 5) is 54.7. The molecule has 0 spiro atoms. The number of fused-ring (bicyclic) bond motifs is 2. The molecule has 3 atom stereocenters. The van der Waals surface area contributed by atoms with E-state index in [4.69, 9.17) is 4.74 Å². The number of nitrogens with one attached hydrogen (secondary N) is 1. The minimum Gasteiger partial charge on any atom is -0.504 e. The average Bonchev–Trinajstić information content (AvgIpc) is 3.47. The third-order valence-corrected chi connectivity index (χ3v) is 10.5. The van der Waals surface area contributed by atoms with Crippen LogP contribution in [0.2, 0.25) is 0 Å². The summed E-state index contributed by atoms with van der Waals surface area (Å²) < 4.78 is 86.8. The molecular formula is C32H23F6N3O6S2. The molecule has 0 bridgehead atoms. The maximum Gasteiger partial charge on any atom is 0.416 e. The van der Waals surface area contributed by atoms with Gasteiger partial charge >= 0.3 is 17.2 Å². The van der Waals surface area contributed by atoms with Crippen molar-refractivity contribution in [3.8, 4) is 11.5 Å². The monoisotopic (exact) mass is 723 g/mol. The first-order valence-corrected chi connectivity index (χ1v) is 16.2. The summed E-state index contributed by atoms with van der Waals surface area (Å²) in [5, 5.41) is 11.6. The first kappa shape index (κ1) is 34.1. The summed E-state index contributed by atoms with van der Waals surface area (Å²) >= 11 is 1.47. The first-order valence-electron chi connectivity index (χ1n) is 14.5. The van der Waals surface area contributed by atoms with Crippen LogP contribution in [0.4, 0.5) is 37.7 Å². The van der Waals surface area contributed by atoms with Crippen LogP contribution < -0.4 is 19.8 Å². The summed E-state index contributed by atoms with van der Waals surface area (Å²) in [6.45, 7) is 1.15. The molecule has 17 heteroatoms. The summed E-state index contributed by atoms with van der Waals surface area (Å²) in [5.41, 5.74) is -2.23. The number of thioether (sulfide) groups is 1. The van der Waals surface area contributed by atoms with Crippen molar-refractivity contribution in [2.75, 3.05) is 16.8 Å². The van der Waals surface area contributed by atoms with Crippen LogP contribution in [0.1, 0.15) is 34.4 Å². The molecule has 6 rings (SSSR count). The van der Waals surface area contributed by atoms with E-state index in [1.165, 1.54) is 30.3 Å². The SMILES string of the molecule is CCOc1cc(C2c3sc(=O)n(CC(=O)Nc4cccc(C(F)(F)F)c4)c3SC3C(=O)N(c4cccc(C(F)(F)F)c4)C(=O)C32)ccc1O. The second-order valence-corrected chi connectivity index (χ2v) is 13.1. The van der Waals surface area contributed by atoms with Crippen LogP contribution in [-0.4, -0.2) is 39.3 Å². The van der Waals surface area contributed by atoms with E-state index in [-0.39, 0.29) is 39.4 Å². The number of ether oxygens (including phenoxy) is 1. The van der Waals surface area contributed by atoms with E-state index in [0.29, 0.717) is 27.9 Å².